The van der Waals surface area contributed by atoms with Crippen LogP contribution < -0.4 is 0 Å². The molecule has 0 bridgehead atoms. The standard InChI is InChI=1S/C7H4Cl2N2/c8-5-3-10-7-4(5)1-2-6(9)11-7/h1-3H,(H,10,11). The smallest absolute Gasteiger partial charge is 0.140 e. The van der Waals surface area contributed by atoms with Crippen LogP contribution in [0.5, 0.6) is 0 Å². The summed E-state index contributed by atoms with van der Waals surface area (Å²) in [6.07, 6.45) is 1.69. The summed E-state index contributed by atoms with van der Waals surface area (Å²) >= 11 is 11.5. The van der Waals surface area contributed by atoms with Gasteiger partial charge in [0.15, 0.2) is 0 Å². The molecule has 2 nitrogen and oxygen atoms in total. The fraction of sp³-hybridized carbons (Fsp3) is 0. The zero-order valence-corrected chi connectivity index (χ0v) is 6.95. The highest BCUT2D eigenvalue weighted by atomic mass is 35.5. The maximum absolute atomic E-state index is 5.81. The highest BCUT2D eigenvalue weighted by Crippen LogP contribution is 2.22. The summed E-state index contributed by atoms with van der Waals surface area (Å²) in [6, 6.07) is 3.55. The Balaban J connectivity index is 2.86. The van der Waals surface area contributed by atoms with Crippen molar-refractivity contribution in [2.75, 3.05) is 0 Å². The van der Waals surface area contributed by atoms with Crippen LogP contribution in [0, 0.1) is 0 Å². The quantitative estimate of drug-likeness (QED) is 0.631. The predicted molar refractivity (Wildman–Crippen MR) is 46.1 cm³/mol. The summed E-state index contributed by atoms with van der Waals surface area (Å²) in [5, 5.41) is 2.04. The third-order valence-corrected chi connectivity index (χ3v) is 1.98. The molecule has 2 rings (SSSR count). The molecule has 0 saturated carbocycles. The lowest BCUT2D eigenvalue weighted by atomic mass is 10.3. The Labute approximate surface area is 73.1 Å². The topological polar surface area (TPSA) is 28.7 Å². The van der Waals surface area contributed by atoms with Crippen molar-refractivity contribution in [3.63, 3.8) is 0 Å². The number of halogens is 2. The Bertz CT molecular complexity index is 394. The van der Waals surface area contributed by atoms with Gasteiger partial charge in [0.2, 0.25) is 0 Å². The average Bonchev–Trinajstić information content (AvgIpc) is 2.32. The number of rotatable bonds is 0. The molecule has 0 aliphatic heterocycles. The van der Waals surface area contributed by atoms with Crippen LogP contribution in [0.1, 0.15) is 0 Å². The van der Waals surface area contributed by atoms with Gasteiger partial charge in [-0.1, -0.05) is 23.2 Å². The maximum Gasteiger partial charge on any atom is 0.140 e. The van der Waals surface area contributed by atoms with Crippen molar-refractivity contribution in [3.8, 4) is 0 Å². The molecule has 0 unspecified atom stereocenters. The van der Waals surface area contributed by atoms with Gasteiger partial charge >= 0.3 is 0 Å². The van der Waals surface area contributed by atoms with Gasteiger partial charge in [0.1, 0.15) is 10.8 Å². The molecule has 2 aromatic heterocycles. The van der Waals surface area contributed by atoms with Crippen LogP contribution in [0.15, 0.2) is 18.3 Å². The summed E-state index contributed by atoms with van der Waals surface area (Å²) in [5.41, 5.74) is 0.725. The van der Waals surface area contributed by atoms with Crippen molar-refractivity contribution in [2.45, 2.75) is 0 Å². The first-order chi connectivity index (χ1) is 5.27. The number of H-pyrrole nitrogens is 1. The second kappa shape index (κ2) is 2.40. The minimum atomic E-state index is 0.469. The molecule has 1 N–H and O–H groups in total. The first kappa shape index (κ1) is 6.95. The summed E-state index contributed by atoms with van der Waals surface area (Å²) in [7, 11) is 0. The van der Waals surface area contributed by atoms with E-state index in [1.165, 1.54) is 0 Å². The van der Waals surface area contributed by atoms with Crippen molar-refractivity contribution in [1.82, 2.24) is 9.97 Å². The van der Waals surface area contributed by atoms with Gasteiger partial charge in [-0.15, -0.1) is 0 Å². The molecule has 0 radical (unpaired) electrons. The molecule has 2 heterocycles. The second-order valence-corrected chi connectivity index (χ2v) is 2.96. The van der Waals surface area contributed by atoms with E-state index in [1.807, 2.05) is 6.07 Å². The molecule has 0 amide bonds. The fourth-order valence-electron chi connectivity index (χ4n) is 0.948. The van der Waals surface area contributed by atoms with Gasteiger partial charge in [0.25, 0.3) is 0 Å². The van der Waals surface area contributed by atoms with Crippen LogP contribution in [-0.4, -0.2) is 9.97 Å². The zero-order valence-electron chi connectivity index (χ0n) is 5.44. The first-order valence-electron chi connectivity index (χ1n) is 3.06. The van der Waals surface area contributed by atoms with E-state index in [9.17, 15) is 0 Å². The number of fused-ring (bicyclic) bond motifs is 1. The highest BCUT2D eigenvalue weighted by molar-refractivity contribution is 6.35. The van der Waals surface area contributed by atoms with Crippen molar-refractivity contribution in [2.24, 2.45) is 0 Å². The van der Waals surface area contributed by atoms with Crippen LogP contribution in [0.3, 0.4) is 0 Å². The maximum atomic E-state index is 5.81. The Hall–Kier alpha value is -0.730. The molecule has 0 aliphatic rings. The molecule has 0 saturated heterocycles. The van der Waals surface area contributed by atoms with E-state index in [-0.39, 0.29) is 0 Å². The molecule has 0 aliphatic carbocycles. The Morgan fingerprint density at radius 1 is 1.27 bits per heavy atom. The zero-order chi connectivity index (χ0) is 7.84. The average molecular weight is 187 g/mol. The van der Waals surface area contributed by atoms with Gasteiger partial charge in [0, 0.05) is 11.6 Å². The van der Waals surface area contributed by atoms with Crippen LogP contribution >= 0.6 is 23.2 Å². The number of pyridine rings is 1. The largest absolute Gasteiger partial charge is 0.345 e. The molecule has 0 aromatic carbocycles. The second-order valence-electron chi connectivity index (χ2n) is 2.17. The molecule has 0 spiro atoms. The van der Waals surface area contributed by atoms with E-state index < -0.39 is 0 Å². The minimum absolute atomic E-state index is 0.469. The highest BCUT2D eigenvalue weighted by Gasteiger charge is 2.01. The molecule has 0 fully saturated rings. The summed E-state index contributed by atoms with van der Waals surface area (Å²) in [6.45, 7) is 0. The van der Waals surface area contributed by atoms with Gasteiger partial charge in [-0.05, 0) is 12.1 Å². The summed E-state index contributed by atoms with van der Waals surface area (Å²) in [4.78, 5) is 6.92. The first-order valence-corrected chi connectivity index (χ1v) is 3.82. The van der Waals surface area contributed by atoms with Gasteiger partial charge in [-0.2, -0.15) is 0 Å². The number of nitrogens with one attached hydrogen (secondary N) is 1. The minimum Gasteiger partial charge on any atom is -0.345 e. The van der Waals surface area contributed by atoms with Gasteiger partial charge in [0.05, 0.1) is 5.02 Å². The van der Waals surface area contributed by atoms with Crippen molar-refractivity contribution in [3.05, 3.63) is 28.5 Å². The normalized spacial score (nSPS) is 10.7. The summed E-state index contributed by atoms with van der Waals surface area (Å²) < 4.78 is 0. The van der Waals surface area contributed by atoms with Gasteiger partial charge in [-0.3, -0.25) is 0 Å². The molecule has 2 aromatic rings. The summed E-state index contributed by atoms with van der Waals surface area (Å²) in [5.74, 6) is 0. The lowest BCUT2D eigenvalue weighted by Gasteiger charge is -1.89. The molecule has 11 heavy (non-hydrogen) atoms. The van der Waals surface area contributed by atoms with E-state index in [2.05, 4.69) is 9.97 Å². The van der Waals surface area contributed by atoms with Gasteiger partial charge < -0.3 is 4.98 Å². The molecular formula is C7H4Cl2N2. The van der Waals surface area contributed by atoms with E-state index in [0.717, 1.165) is 11.0 Å². The fourth-order valence-corrected chi connectivity index (χ4v) is 1.30. The predicted octanol–water partition coefficient (Wildman–Crippen LogP) is 2.87. The molecule has 4 heteroatoms. The van der Waals surface area contributed by atoms with E-state index >= 15 is 0 Å². The van der Waals surface area contributed by atoms with Crippen molar-refractivity contribution in [1.29, 1.82) is 0 Å². The van der Waals surface area contributed by atoms with Crippen LogP contribution in [-0.2, 0) is 0 Å². The third-order valence-electron chi connectivity index (χ3n) is 1.45. The Morgan fingerprint density at radius 2 is 2.09 bits per heavy atom. The van der Waals surface area contributed by atoms with Crippen molar-refractivity contribution >= 4 is 34.2 Å². The van der Waals surface area contributed by atoms with Crippen molar-refractivity contribution < 1.29 is 0 Å². The van der Waals surface area contributed by atoms with Crippen LogP contribution in [0.2, 0.25) is 10.2 Å². The monoisotopic (exact) mass is 186 g/mol. The number of hydrogen-bond acceptors (Lipinski definition) is 1. The number of nitrogens with zero attached hydrogens (tertiary/aromatic N) is 1. The van der Waals surface area contributed by atoms with Gasteiger partial charge in [-0.25, -0.2) is 4.98 Å². The van der Waals surface area contributed by atoms with Crippen LogP contribution in [0.25, 0.3) is 11.0 Å². The lowest BCUT2D eigenvalue weighted by Crippen LogP contribution is -1.75. The molecular weight excluding hydrogens is 183 g/mol. The third kappa shape index (κ3) is 1.08. The number of hydrogen-bond donors (Lipinski definition) is 1. The molecule has 56 valence electrons. The SMILES string of the molecule is Clc1ccc2c(Cl)c[nH]c2n1. The molecule has 0 atom stereocenters. The van der Waals surface area contributed by atoms with Crippen LogP contribution in [0.4, 0.5) is 0 Å². The Kier molecular flexibility index (Phi) is 1.51. The van der Waals surface area contributed by atoms with E-state index in [1.54, 1.807) is 12.3 Å². The number of aromatic amines is 1. The lowest BCUT2D eigenvalue weighted by molar-refractivity contribution is 1.33. The Morgan fingerprint density at radius 3 is 2.91 bits per heavy atom. The van der Waals surface area contributed by atoms with E-state index in [4.69, 9.17) is 23.2 Å². The number of aromatic nitrogens is 2. The van der Waals surface area contributed by atoms with E-state index in [0.29, 0.717) is 10.2 Å².